The summed E-state index contributed by atoms with van der Waals surface area (Å²) in [5, 5.41) is 10.6. The first-order valence-corrected chi connectivity index (χ1v) is 42.7. The smallest absolute Gasteiger partial charge is 0.462 e. The lowest BCUT2D eigenvalue weighted by Gasteiger charge is -2.21. The summed E-state index contributed by atoms with van der Waals surface area (Å²) in [6, 6.07) is 0. The van der Waals surface area contributed by atoms with Crippen molar-refractivity contribution in [2.45, 2.75) is 316 Å². The Labute approximate surface area is 629 Å². The molecule has 0 saturated heterocycles. The number of allylic oxidation sites excluding steroid dienone is 26. The van der Waals surface area contributed by atoms with Crippen LogP contribution < -0.4 is 0 Å². The largest absolute Gasteiger partial charge is 0.472 e. The predicted molar refractivity (Wildman–Crippen MR) is 427 cm³/mol. The number of aliphatic hydroxyl groups is 1. The molecule has 0 fully saturated rings. The minimum atomic E-state index is -5.00. The highest BCUT2D eigenvalue weighted by Gasteiger charge is 2.30. The molecule has 0 aromatic heterocycles. The molecular formula is C85H140O17P2. The summed E-state index contributed by atoms with van der Waals surface area (Å²) in [5.41, 5.74) is 0. The second-order valence-electron chi connectivity index (χ2n) is 25.9. The van der Waals surface area contributed by atoms with Gasteiger partial charge in [0.15, 0.2) is 12.2 Å². The molecular weight excluding hydrogens is 1350 g/mol. The zero-order valence-electron chi connectivity index (χ0n) is 64.6. The van der Waals surface area contributed by atoms with E-state index in [9.17, 15) is 43.2 Å². The maximum absolute atomic E-state index is 13.1. The number of hydrogen-bond donors (Lipinski definition) is 3. The summed E-state index contributed by atoms with van der Waals surface area (Å²) >= 11 is 0. The van der Waals surface area contributed by atoms with E-state index in [1.165, 1.54) is 19.3 Å². The lowest BCUT2D eigenvalue weighted by atomic mass is 10.1. The molecule has 0 saturated carbocycles. The third-order valence-corrected chi connectivity index (χ3v) is 17.9. The average molecular weight is 1500 g/mol. The maximum atomic E-state index is 13.1. The van der Waals surface area contributed by atoms with E-state index < -0.39 is 97.5 Å². The quantitative estimate of drug-likeness (QED) is 0.0169. The molecule has 0 aliphatic rings. The Morgan fingerprint density at radius 1 is 0.279 bits per heavy atom. The Morgan fingerprint density at radius 3 is 0.788 bits per heavy atom. The fourth-order valence-electron chi connectivity index (χ4n) is 10.0. The molecule has 104 heavy (non-hydrogen) atoms. The van der Waals surface area contributed by atoms with Gasteiger partial charge in [0, 0.05) is 25.7 Å². The van der Waals surface area contributed by atoms with Gasteiger partial charge in [0.1, 0.15) is 19.3 Å². The second-order valence-corrected chi connectivity index (χ2v) is 28.8. The number of phosphoric ester groups is 2. The van der Waals surface area contributed by atoms with Crippen LogP contribution in [0.2, 0.25) is 0 Å². The summed E-state index contributed by atoms with van der Waals surface area (Å²) < 4.78 is 68.5. The van der Waals surface area contributed by atoms with Crippen molar-refractivity contribution in [3.63, 3.8) is 0 Å². The van der Waals surface area contributed by atoms with Crippen LogP contribution in [0.3, 0.4) is 0 Å². The zero-order valence-corrected chi connectivity index (χ0v) is 66.4. The minimum Gasteiger partial charge on any atom is -0.462 e. The highest BCUT2D eigenvalue weighted by molar-refractivity contribution is 7.47. The molecule has 0 rings (SSSR count). The zero-order chi connectivity index (χ0) is 76.0. The molecule has 0 aliphatic carbocycles. The van der Waals surface area contributed by atoms with E-state index in [4.69, 9.17) is 37.0 Å². The number of aliphatic hydroxyl groups excluding tert-OH is 1. The number of esters is 4. The Balaban J connectivity index is 5.44. The van der Waals surface area contributed by atoms with Crippen LogP contribution in [-0.2, 0) is 65.4 Å². The number of unbranched alkanes of at least 4 members (excludes halogenated alkanes) is 21. The van der Waals surface area contributed by atoms with Crippen molar-refractivity contribution in [2.24, 2.45) is 0 Å². The van der Waals surface area contributed by atoms with Gasteiger partial charge in [-0.3, -0.25) is 37.3 Å². The van der Waals surface area contributed by atoms with Crippen molar-refractivity contribution in [1.29, 1.82) is 0 Å². The third kappa shape index (κ3) is 74.9. The first kappa shape index (κ1) is 98.7. The third-order valence-electron chi connectivity index (χ3n) is 16.0. The molecule has 5 atom stereocenters. The Kier molecular flexibility index (Phi) is 72.0. The van der Waals surface area contributed by atoms with Crippen molar-refractivity contribution in [2.75, 3.05) is 39.6 Å². The summed E-state index contributed by atoms with van der Waals surface area (Å²) in [5.74, 6) is -2.28. The molecule has 19 heteroatoms. The topological polar surface area (TPSA) is 237 Å². The fraction of sp³-hybridized carbons (Fsp3) is 0.647. The maximum Gasteiger partial charge on any atom is 0.472 e. The van der Waals surface area contributed by atoms with Gasteiger partial charge in [-0.2, -0.15) is 0 Å². The van der Waals surface area contributed by atoms with Gasteiger partial charge in [0.25, 0.3) is 0 Å². The summed E-state index contributed by atoms with van der Waals surface area (Å²) in [6.07, 6.45) is 87.9. The molecule has 592 valence electrons. The summed E-state index contributed by atoms with van der Waals surface area (Å²) in [6.45, 7) is 4.40. The highest BCUT2D eigenvalue weighted by atomic mass is 31.2. The predicted octanol–water partition coefficient (Wildman–Crippen LogP) is 23.2. The van der Waals surface area contributed by atoms with Crippen molar-refractivity contribution in [3.8, 4) is 0 Å². The monoisotopic (exact) mass is 1490 g/mol. The van der Waals surface area contributed by atoms with Crippen molar-refractivity contribution < 1.29 is 80.2 Å². The molecule has 0 radical (unpaired) electrons. The molecule has 0 spiro atoms. The van der Waals surface area contributed by atoms with E-state index in [1.54, 1.807) is 0 Å². The van der Waals surface area contributed by atoms with Crippen molar-refractivity contribution >= 4 is 39.5 Å². The molecule has 0 aliphatic heterocycles. The van der Waals surface area contributed by atoms with Crippen LogP contribution in [0.4, 0.5) is 0 Å². The molecule has 0 aromatic rings. The van der Waals surface area contributed by atoms with Crippen LogP contribution in [0.1, 0.15) is 297 Å². The number of hydrogen-bond acceptors (Lipinski definition) is 15. The van der Waals surface area contributed by atoms with E-state index in [0.29, 0.717) is 25.7 Å². The summed E-state index contributed by atoms with van der Waals surface area (Å²) in [4.78, 5) is 73.0. The van der Waals surface area contributed by atoms with Gasteiger partial charge in [-0.15, -0.1) is 0 Å². The second kappa shape index (κ2) is 75.9. The van der Waals surface area contributed by atoms with Crippen LogP contribution >= 0.6 is 15.6 Å². The van der Waals surface area contributed by atoms with Crippen LogP contribution in [0.5, 0.6) is 0 Å². The average Bonchev–Trinajstić information content (AvgIpc) is 0.912. The minimum absolute atomic E-state index is 0.0607. The van der Waals surface area contributed by atoms with Gasteiger partial charge >= 0.3 is 39.5 Å². The van der Waals surface area contributed by atoms with E-state index in [-0.39, 0.29) is 25.7 Å². The van der Waals surface area contributed by atoms with Crippen molar-refractivity contribution in [3.05, 3.63) is 158 Å². The normalized spacial score (nSPS) is 14.7. The molecule has 0 aromatic carbocycles. The van der Waals surface area contributed by atoms with Crippen LogP contribution in [0.25, 0.3) is 0 Å². The first-order chi connectivity index (χ1) is 50.7. The van der Waals surface area contributed by atoms with Crippen LogP contribution in [0.15, 0.2) is 158 Å². The van der Waals surface area contributed by atoms with E-state index in [2.05, 4.69) is 186 Å². The van der Waals surface area contributed by atoms with E-state index in [0.717, 1.165) is 199 Å². The fourth-order valence-corrected chi connectivity index (χ4v) is 11.6. The number of carbonyl (C=O) groups excluding carboxylic acids is 4. The number of carbonyl (C=O) groups is 4. The van der Waals surface area contributed by atoms with E-state index >= 15 is 0 Å². The first-order valence-electron chi connectivity index (χ1n) is 39.7. The van der Waals surface area contributed by atoms with Gasteiger partial charge in [-0.1, -0.05) is 263 Å². The number of ether oxygens (including phenoxy) is 4. The SMILES string of the molecule is CC/C=C\C/C=C\C/C=C\C/C=C\CCCCC(=O)OCC(COP(=O)(O)OCC(O)COP(=O)(O)OCC(COC(=O)CCCCCCCC/C=C\C/C=C\C/C=C\CCCCC)OC(=O)CCCCCCC/C=C\C/C=C\C/C=C\CC)OC(=O)CCCCCCC/C=C\C/C=C\C/C=C\CC. The molecule has 5 unspecified atom stereocenters. The molecule has 17 nitrogen and oxygen atoms in total. The molecule has 3 N–H and O–H groups in total. The molecule has 0 heterocycles. The number of phosphoric acid groups is 2. The lowest BCUT2D eigenvalue weighted by Crippen LogP contribution is -2.30. The van der Waals surface area contributed by atoms with Gasteiger partial charge in [-0.05, 0) is 167 Å². The van der Waals surface area contributed by atoms with Gasteiger partial charge in [0.2, 0.25) is 0 Å². The molecule has 0 bridgehead atoms. The standard InChI is InChI=1S/C85H140O17P2/c1-5-9-13-17-21-25-29-33-37-38-39-40-44-46-50-54-58-62-66-70-83(88)96-76-81(102-85(90)72-68-64-60-56-52-48-43-36-32-28-24-20-16-12-8-4)78-100-104(93,94)98-74-79(86)73-97-103(91,92)99-77-80(101-84(89)71-67-63-59-55-51-47-42-35-31-27-23-19-15-11-7-3)75-95-82(87)69-65-61-57-53-49-45-41-34-30-26-22-18-14-10-6-2/h10-12,14-16,21-28,33-37,39-43,49,53,79-81,86H,5-9,13,17-20,29-32,38,44-48,50-52,54-78H2,1-4H3,(H,91,92)(H,93,94)/b14-10-,15-11-,16-12-,25-21-,26-22-,27-23-,28-24-,37-33-,40-39-,41-34-,42-35-,43-36-,53-49-. The van der Waals surface area contributed by atoms with Crippen LogP contribution in [-0.4, -0.2) is 96.7 Å². The highest BCUT2D eigenvalue weighted by Crippen LogP contribution is 2.45. The van der Waals surface area contributed by atoms with Gasteiger partial charge < -0.3 is 33.8 Å². The van der Waals surface area contributed by atoms with E-state index in [1.807, 2.05) is 0 Å². The number of rotatable bonds is 73. The van der Waals surface area contributed by atoms with Crippen molar-refractivity contribution in [1.82, 2.24) is 0 Å². The van der Waals surface area contributed by atoms with Crippen LogP contribution in [0, 0.1) is 0 Å². The Bertz CT molecular complexity index is 2590. The Morgan fingerprint density at radius 2 is 0.500 bits per heavy atom. The van der Waals surface area contributed by atoms with Gasteiger partial charge in [-0.25, -0.2) is 9.13 Å². The van der Waals surface area contributed by atoms with Gasteiger partial charge in [0.05, 0.1) is 26.4 Å². The lowest BCUT2D eigenvalue weighted by molar-refractivity contribution is -0.161. The summed E-state index contributed by atoms with van der Waals surface area (Å²) in [7, 11) is -9.99. The molecule has 0 amide bonds. The Hall–Kier alpha value is -5.32.